The van der Waals surface area contributed by atoms with E-state index in [-0.39, 0.29) is 5.82 Å². The van der Waals surface area contributed by atoms with Crippen LogP contribution in [-0.2, 0) is 0 Å². The third-order valence-electron chi connectivity index (χ3n) is 2.91. The molecule has 0 aliphatic carbocycles. The molecule has 1 aliphatic heterocycles. The highest BCUT2D eigenvalue weighted by Crippen LogP contribution is 2.39. The topological polar surface area (TPSA) is 43.2 Å². The van der Waals surface area contributed by atoms with Gasteiger partial charge in [-0.15, -0.1) is 0 Å². The smallest absolute Gasteiger partial charge is 0.186 e. The Hall–Kier alpha value is -2.61. The van der Waals surface area contributed by atoms with Gasteiger partial charge in [-0.2, -0.15) is 5.26 Å². The van der Waals surface area contributed by atoms with Crippen LogP contribution in [0.25, 0.3) is 0 Å². The van der Waals surface area contributed by atoms with E-state index in [1.807, 2.05) is 0 Å². The standard InChI is InChI=1S/C13H9FN4/c14-10-3-1-2-4-11(10)18-9-17(8-15)13-7-16-6-5-12(13)18/h1-7H,9H2. The van der Waals surface area contributed by atoms with Gasteiger partial charge in [-0.25, -0.2) is 4.39 Å². The Morgan fingerprint density at radius 1 is 1.17 bits per heavy atom. The SMILES string of the molecule is N#CN1CN(c2ccccc2F)c2ccncc21. The quantitative estimate of drug-likeness (QED) is 0.719. The fourth-order valence-corrected chi connectivity index (χ4v) is 2.07. The number of aromatic nitrogens is 1. The third kappa shape index (κ3) is 1.47. The van der Waals surface area contributed by atoms with Crippen LogP contribution in [0.2, 0.25) is 0 Å². The molecule has 0 fully saturated rings. The second-order valence-electron chi connectivity index (χ2n) is 3.91. The first-order valence-electron chi connectivity index (χ1n) is 5.44. The molecule has 4 nitrogen and oxygen atoms in total. The molecular formula is C13H9FN4. The van der Waals surface area contributed by atoms with E-state index in [0.29, 0.717) is 18.0 Å². The number of nitriles is 1. The maximum Gasteiger partial charge on any atom is 0.186 e. The molecule has 2 aromatic rings. The summed E-state index contributed by atoms with van der Waals surface area (Å²) in [5.41, 5.74) is 1.95. The molecule has 1 aromatic carbocycles. The fourth-order valence-electron chi connectivity index (χ4n) is 2.07. The Morgan fingerprint density at radius 3 is 2.78 bits per heavy atom. The van der Waals surface area contributed by atoms with Crippen molar-refractivity contribution in [1.82, 2.24) is 4.98 Å². The zero-order valence-corrected chi connectivity index (χ0v) is 9.42. The zero-order valence-electron chi connectivity index (χ0n) is 9.42. The molecular weight excluding hydrogens is 231 g/mol. The minimum Gasteiger partial charge on any atom is -0.318 e. The van der Waals surface area contributed by atoms with Gasteiger partial charge < -0.3 is 4.90 Å². The van der Waals surface area contributed by atoms with Crippen LogP contribution in [-0.4, -0.2) is 11.7 Å². The first kappa shape index (κ1) is 10.5. The van der Waals surface area contributed by atoms with Crippen LogP contribution in [0.3, 0.4) is 0 Å². The van der Waals surface area contributed by atoms with E-state index in [2.05, 4.69) is 11.2 Å². The monoisotopic (exact) mass is 240 g/mol. The Kier molecular flexibility index (Phi) is 2.34. The molecule has 0 saturated heterocycles. The van der Waals surface area contributed by atoms with Crippen molar-refractivity contribution in [2.24, 2.45) is 0 Å². The molecule has 5 heteroatoms. The summed E-state index contributed by atoms with van der Waals surface area (Å²) in [5.74, 6) is -0.306. The molecule has 0 N–H and O–H groups in total. The summed E-state index contributed by atoms with van der Waals surface area (Å²) in [6.45, 7) is 0.304. The van der Waals surface area contributed by atoms with Crippen LogP contribution in [0.4, 0.5) is 21.5 Å². The average molecular weight is 240 g/mol. The molecule has 0 saturated carbocycles. The van der Waals surface area contributed by atoms with Crippen molar-refractivity contribution in [3.8, 4) is 6.19 Å². The van der Waals surface area contributed by atoms with Gasteiger partial charge in [-0.3, -0.25) is 9.88 Å². The van der Waals surface area contributed by atoms with Crippen LogP contribution >= 0.6 is 0 Å². The van der Waals surface area contributed by atoms with Crippen LogP contribution in [0.5, 0.6) is 0 Å². The van der Waals surface area contributed by atoms with Crippen molar-refractivity contribution in [3.05, 3.63) is 48.5 Å². The summed E-state index contributed by atoms with van der Waals surface area (Å²) in [5, 5.41) is 9.07. The number of nitrogens with zero attached hydrogens (tertiary/aromatic N) is 4. The largest absolute Gasteiger partial charge is 0.318 e. The molecule has 0 radical (unpaired) electrons. The van der Waals surface area contributed by atoms with Crippen molar-refractivity contribution in [2.75, 3.05) is 16.5 Å². The van der Waals surface area contributed by atoms with Crippen molar-refractivity contribution < 1.29 is 4.39 Å². The van der Waals surface area contributed by atoms with E-state index in [4.69, 9.17) is 5.26 Å². The number of rotatable bonds is 1. The molecule has 88 valence electrons. The summed E-state index contributed by atoms with van der Waals surface area (Å²) in [6, 6.07) is 8.30. The van der Waals surface area contributed by atoms with Gasteiger partial charge in [0.25, 0.3) is 0 Å². The highest BCUT2D eigenvalue weighted by Gasteiger charge is 2.28. The number of fused-ring (bicyclic) bond motifs is 1. The lowest BCUT2D eigenvalue weighted by atomic mass is 10.2. The molecule has 3 rings (SSSR count). The molecule has 1 aliphatic rings. The Bertz CT molecular complexity index is 635. The maximum absolute atomic E-state index is 13.8. The van der Waals surface area contributed by atoms with Crippen molar-refractivity contribution in [1.29, 1.82) is 5.26 Å². The number of anilines is 3. The van der Waals surface area contributed by atoms with E-state index < -0.39 is 0 Å². The van der Waals surface area contributed by atoms with Crippen LogP contribution in [0.15, 0.2) is 42.7 Å². The fraction of sp³-hybridized carbons (Fsp3) is 0.0769. The minimum atomic E-state index is -0.306. The summed E-state index contributed by atoms with van der Waals surface area (Å²) >= 11 is 0. The van der Waals surface area contributed by atoms with E-state index in [1.54, 1.807) is 41.6 Å². The Labute approximate surface area is 104 Å². The normalized spacial score (nSPS) is 13.3. The van der Waals surface area contributed by atoms with Gasteiger partial charge >= 0.3 is 0 Å². The first-order chi connectivity index (χ1) is 8.81. The van der Waals surface area contributed by atoms with E-state index in [1.165, 1.54) is 11.0 Å². The molecule has 0 atom stereocenters. The van der Waals surface area contributed by atoms with Crippen molar-refractivity contribution >= 4 is 17.1 Å². The number of hydrogen-bond acceptors (Lipinski definition) is 4. The van der Waals surface area contributed by atoms with Crippen molar-refractivity contribution in [2.45, 2.75) is 0 Å². The Morgan fingerprint density at radius 2 is 2.00 bits per heavy atom. The number of benzene rings is 1. The molecule has 0 bridgehead atoms. The lowest BCUT2D eigenvalue weighted by Crippen LogP contribution is -2.24. The van der Waals surface area contributed by atoms with Crippen LogP contribution in [0.1, 0.15) is 0 Å². The highest BCUT2D eigenvalue weighted by atomic mass is 19.1. The van der Waals surface area contributed by atoms with E-state index in [9.17, 15) is 4.39 Å². The summed E-state index contributed by atoms with van der Waals surface area (Å²) < 4.78 is 13.8. The van der Waals surface area contributed by atoms with Crippen LogP contribution in [0, 0.1) is 17.3 Å². The van der Waals surface area contributed by atoms with Gasteiger partial charge in [-0.1, -0.05) is 12.1 Å². The molecule has 0 unspecified atom stereocenters. The maximum atomic E-state index is 13.8. The predicted octanol–water partition coefficient (Wildman–Crippen LogP) is 2.62. The zero-order chi connectivity index (χ0) is 12.5. The summed E-state index contributed by atoms with van der Waals surface area (Å²) in [6.07, 6.45) is 5.31. The number of para-hydroxylation sites is 1. The molecule has 0 amide bonds. The van der Waals surface area contributed by atoms with Gasteiger partial charge in [0.05, 0.1) is 23.3 Å². The van der Waals surface area contributed by atoms with Crippen molar-refractivity contribution in [3.63, 3.8) is 0 Å². The lowest BCUT2D eigenvalue weighted by Gasteiger charge is -2.18. The van der Waals surface area contributed by atoms with E-state index >= 15 is 0 Å². The Balaban J connectivity index is 2.12. The van der Waals surface area contributed by atoms with Gasteiger partial charge in [0.15, 0.2) is 6.19 Å². The first-order valence-corrected chi connectivity index (χ1v) is 5.44. The van der Waals surface area contributed by atoms with E-state index in [0.717, 1.165) is 5.69 Å². The van der Waals surface area contributed by atoms with Gasteiger partial charge in [0.2, 0.25) is 0 Å². The molecule has 0 spiro atoms. The predicted molar refractivity (Wildman–Crippen MR) is 65.7 cm³/mol. The minimum absolute atomic E-state index is 0.304. The molecule has 1 aromatic heterocycles. The van der Waals surface area contributed by atoms with Gasteiger partial charge in [-0.05, 0) is 18.2 Å². The average Bonchev–Trinajstić information content (AvgIpc) is 2.78. The van der Waals surface area contributed by atoms with Crippen LogP contribution < -0.4 is 9.80 Å². The lowest BCUT2D eigenvalue weighted by molar-refractivity contribution is 0.626. The number of pyridine rings is 1. The number of hydrogen-bond donors (Lipinski definition) is 0. The van der Waals surface area contributed by atoms with Gasteiger partial charge in [0, 0.05) is 6.20 Å². The summed E-state index contributed by atoms with van der Waals surface area (Å²) in [4.78, 5) is 7.23. The highest BCUT2D eigenvalue weighted by molar-refractivity contribution is 5.82. The van der Waals surface area contributed by atoms with Gasteiger partial charge in [0.1, 0.15) is 12.5 Å². The third-order valence-corrected chi connectivity index (χ3v) is 2.91. The number of halogens is 1. The second-order valence-corrected chi connectivity index (χ2v) is 3.91. The molecule has 2 heterocycles. The molecule has 18 heavy (non-hydrogen) atoms. The summed E-state index contributed by atoms with van der Waals surface area (Å²) in [7, 11) is 0. The second kappa shape index (κ2) is 4.00.